The molecule has 3 heterocycles. The highest BCUT2D eigenvalue weighted by atomic mass is 16.6. The van der Waals surface area contributed by atoms with E-state index in [1.54, 1.807) is 0 Å². The molecule has 0 N–H and O–H groups in total. The monoisotopic (exact) mass is 428 g/mol. The van der Waals surface area contributed by atoms with Crippen LogP contribution in [0, 0.1) is 17.8 Å². The van der Waals surface area contributed by atoms with Crippen LogP contribution < -0.4 is 14.2 Å². The second-order valence-electron chi connectivity index (χ2n) is 10.8. The third-order valence-electron chi connectivity index (χ3n) is 8.14. The lowest BCUT2D eigenvalue weighted by Crippen LogP contribution is -2.48. The first kappa shape index (κ1) is 19.0. The minimum absolute atomic E-state index is 0.183. The Bertz CT molecular complexity index is 805. The summed E-state index contributed by atoms with van der Waals surface area (Å²) in [4.78, 5) is 0. The maximum atomic E-state index is 6.50. The zero-order valence-electron chi connectivity index (χ0n) is 18.1. The van der Waals surface area contributed by atoms with Crippen LogP contribution in [0.25, 0.3) is 0 Å². The van der Waals surface area contributed by atoms with Crippen molar-refractivity contribution in [2.24, 2.45) is 17.8 Å². The predicted molar refractivity (Wildman–Crippen MR) is 112 cm³/mol. The van der Waals surface area contributed by atoms with Gasteiger partial charge in [0.1, 0.15) is 38.1 Å². The summed E-state index contributed by atoms with van der Waals surface area (Å²) < 4.78 is 35.2. The average Bonchev–Trinajstić information content (AvgIpc) is 3.60. The van der Waals surface area contributed by atoms with E-state index in [1.807, 2.05) is 0 Å². The number of rotatable bonds is 10. The summed E-state index contributed by atoms with van der Waals surface area (Å²) in [6, 6.07) is 4.39. The Balaban J connectivity index is 1.26. The summed E-state index contributed by atoms with van der Waals surface area (Å²) in [7, 11) is 0. The van der Waals surface area contributed by atoms with Crippen molar-refractivity contribution in [3.8, 4) is 17.2 Å². The van der Waals surface area contributed by atoms with E-state index in [-0.39, 0.29) is 23.7 Å². The molecule has 0 radical (unpaired) electrons. The van der Waals surface area contributed by atoms with Crippen LogP contribution in [0.4, 0.5) is 0 Å². The molecule has 4 saturated carbocycles. The Kier molecular flexibility index (Phi) is 4.45. The van der Waals surface area contributed by atoms with Gasteiger partial charge in [0, 0.05) is 5.56 Å². The van der Waals surface area contributed by atoms with E-state index in [4.69, 9.17) is 28.4 Å². The minimum Gasteiger partial charge on any atom is -0.487 e. The zero-order chi connectivity index (χ0) is 20.4. The van der Waals surface area contributed by atoms with Gasteiger partial charge in [-0.1, -0.05) is 6.07 Å². The van der Waals surface area contributed by atoms with Crippen molar-refractivity contribution in [1.82, 2.24) is 0 Å². The first-order valence-corrected chi connectivity index (χ1v) is 12.1. The van der Waals surface area contributed by atoms with Crippen LogP contribution in [0.3, 0.4) is 0 Å². The number of hydrogen-bond acceptors (Lipinski definition) is 6. The highest BCUT2D eigenvalue weighted by Crippen LogP contribution is 2.63. The fourth-order valence-corrected chi connectivity index (χ4v) is 6.82. The molecule has 7 fully saturated rings. The number of benzene rings is 1. The van der Waals surface area contributed by atoms with E-state index in [1.165, 1.54) is 44.1 Å². The topological polar surface area (TPSA) is 65.3 Å². The summed E-state index contributed by atoms with van der Waals surface area (Å²) in [6.07, 6.45) is 8.73. The summed E-state index contributed by atoms with van der Waals surface area (Å²) in [5, 5.41) is 0. The van der Waals surface area contributed by atoms with Gasteiger partial charge in [-0.3, -0.25) is 0 Å². The Morgan fingerprint density at radius 3 is 1.68 bits per heavy atom. The Morgan fingerprint density at radius 2 is 1.16 bits per heavy atom. The minimum atomic E-state index is 0.183. The lowest BCUT2D eigenvalue weighted by molar-refractivity contribution is -0.00669. The van der Waals surface area contributed by atoms with Crippen molar-refractivity contribution in [1.29, 1.82) is 0 Å². The molecule has 168 valence electrons. The highest BCUT2D eigenvalue weighted by molar-refractivity contribution is 5.58. The molecule has 8 rings (SSSR count). The summed E-state index contributed by atoms with van der Waals surface area (Å²) in [5.41, 5.74) is 1.56. The van der Waals surface area contributed by atoms with Crippen molar-refractivity contribution >= 4 is 0 Å². The van der Waals surface area contributed by atoms with Crippen molar-refractivity contribution < 1.29 is 28.4 Å². The van der Waals surface area contributed by atoms with Gasteiger partial charge in [-0.2, -0.15) is 0 Å². The molecular weight excluding hydrogens is 396 g/mol. The standard InChI is InChI=1S/C25H32O6/c1-2-22(29-12-18-9-26-18)24(31-14-20-11-28-20)23(30-13-19-10-27-19)21(1)25-6-15-3-16(7-25)5-17(4-15)8-25/h1-2,15-20H,3-14H2. The predicted octanol–water partition coefficient (Wildman–Crippen LogP) is 3.49. The lowest BCUT2D eigenvalue weighted by atomic mass is 9.48. The molecule has 6 nitrogen and oxygen atoms in total. The van der Waals surface area contributed by atoms with Gasteiger partial charge in [0.05, 0.1) is 19.8 Å². The molecule has 0 amide bonds. The maximum absolute atomic E-state index is 6.50. The van der Waals surface area contributed by atoms with E-state index in [2.05, 4.69) is 12.1 Å². The summed E-state index contributed by atoms with van der Waals surface area (Å²) in [5.74, 6) is 5.03. The van der Waals surface area contributed by atoms with Crippen LogP contribution in [0.5, 0.6) is 17.2 Å². The Hall–Kier alpha value is -1.50. The molecule has 1 aromatic carbocycles. The molecular formula is C25H32O6. The van der Waals surface area contributed by atoms with Crippen LogP contribution >= 0.6 is 0 Å². The molecule has 0 spiro atoms. The third kappa shape index (κ3) is 3.81. The second kappa shape index (κ2) is 7.26. The van der Waals surface area contributed by atoms with Crippen LogP contribution in [-0.4, -0.2) is 58.0 Å². The Labute approximate surface area is 183 Å². The molecule has 4 aliphatic carbocycles. The number of epoxide rings is 3. The van der Waals surface area contributed by atoms with E-state index in [0.29, 0.717) is 19.8 Å². The van der Waals surface area contributed by atoms with E-state index in [0.717, 1.165) is 54.8 Å². The number of hydrogen-bond donors (Lipinski definition) is 0. The van der Waals surface area contributed by atoms with Crippen LogP contribution in [-0.2, 0) is 19.6 Å². The van der Waals surface area contributed by atoms with Crippen molar-refractivity contribution in [2.45, 2.75) is 62.3 Å². The van der Waals surface area contributed by atoms with Crippen LogP contribution in [0.15, 0.2) is 12.1 Å². The van der Waals surface area contributed by atoms with E-state index >= 15 is 0 Å². The van der Waals surface area contributed by atoms with Crippen LogP contribution in [0.2, 0.25) is 0 Å². The highest BCUT2D eigenvalue weighted by Gasteiger charge is 2.53. The third-order valence-corrected chi connectivity index (χ3v) is 8.14. The van der Waals surface area contributed by atoms with Crippen molar-refractivity contribution in [3.05, 3.63) is 17.7 Å². The van der Waals surface area contributed by atoms with Gasteiger partial charge in [-0.05, 0) is 67.8 Å². The summed E-state index contributed by atoms with van der Waals surface area (Å²) in [6.45, 7) is 4.00. The molecule has 4 bridgehead atoms. The second-order valence-corrected chi connectivity index (χ2v) is 10.8. The maximum Gasteiger partial charge on any atom is 0.203 e. The van der Waals surface area contributed by atoms with Crippen molar-refractivity contribution in [2.75, 3.05) is 39.6 Å². The fourth-order valence-electron chi connectivity index (χ4n) is 6.82. The van der Waals surface area contributed by atoms with Gasteiger partial charge in [0.2, 0.25) is 5.75 Å². The van der Waals surface area contributed by atoms with E-state index < -0.39 is 0 Å². The fraction of sp³-hybridized carbons (Fsp3) is 0.760. The molecule has 31 heavy (non-hydrogen) atoms. The first-order valence-electron chi connectivity index (χ1n) is 12.1. The Morgan fingerprint density at radius 1 is 0.677 bits per heavy atom. The molecule has 7 aliphatic rings. The van der Waals surface area contributed by atoms with Gasteiger partial charge in [-0.15, -0.1) is 0 Å². The molecule has 3 saturated heterocycles. The molecule has 1 aromatic rings. The van der Waals surface area contributed by atoms with Crippen molar-refractivity contribution in [3.63, 3.8) is 0 Å². The lowest BCUT2D eigenvalue weighted by Gasteiger charge is -2.57. The summed E-state index contributed by atoms with van der Waals surface area (Å²) >= 11 is 0. The first-order chi connectivity index (χ1) is 15.2. The van der Waals surface area contributed by atoms with Crippen LogP contribution in [0.1, 0.15) is 44.1 Å². The van der Waals surface area contributed by atoms with Gasteiger partial charge in [-0.25, -0.2) is 0 Å². The normalized spacial score (nSPS) is 41.2. The molecule has 3 unspecified atom stereocenters. The van der Waals surface area contributed by atoms with Gasteiger partial charge >= 0.3 is 0 Å². The zero-order valence-corrected chi connectivity index (χ0v) is 18.1. The van der Waals surface area contributed by atoms with E-state index in [9.17, 15) is 0 Å². The van der Waals surface area contributed by atoms with Gasteiger partial charge in [0.15, 0.2) is 11.5 Å². The smallest absolute Gasteiger partial charge is 0.203 e. The molecule has 3 atom stereocenters. The number of ether oxygens (including phenoxy) is 6. The molecule has 3 aliphatic heterocycles. The quantitative estimate of drug-likeness (QED) is 0.532. The molecule has 0 aromatic heterocycles. The largest absolute Gasteiger partial charge is 0.487 e. The SMILES string of the molecule is c1cc(C23CC4CC(CC(C4)C2)C3)c(OCC2CO2)c(OCC2CO2)c1OCC1CO1. The van der Waals surface area contributed by atoms with Gasteiger partial charge in [0.25, 0.3) is 0 Å². The van der Waals surface area contributed by atoms with Gasteiger partial charge < -0.3 is 28.4 Å². The average molecular weight is 429 g/mol. The molecule has 6 heteroatoms.